The molecule has 0 bridgehead atoms. The number of carbonyl (C=O) groups excluding carboxylic acids is 2. The van der Waals surface area contributed by atoms with Gasteiger partial charge in [0.1, 0.15) is 17.0 Å². The average Bonchev–Trinajstić information content (AvgIpc) is 2.59. The molecule has 2 N–H and O–H groups in total. The number of rotatable bonds is 6. The number of nitrogens with one attached hydrogen (secondary N) is 2. The molecule has 26 heavy (non-hydrogen) atoms. The van der Waals surface area contributed by atoms with Gasteiger partial charge in [-0.3, -0.25) is 9.59 Å². The van der Waals surface area contributed by atoms with E-state index < -0.39 is 23.0 Å². The number of carbonyl (C=O) groups is 2. The number of hydrogen-bond donors (Lipinski definition) is 2. The Kier molecular flexibility index (Phi) is 6.32. The van der Waals surface area contributed by atoms with Crippen LogP contribution in [0.25, 0.3) is 0 Å². The molecule has 0 unspecified atom stereocenters. The Labute approximate surface area is 155 Å². The summed E-state index contributed by atoms with van der Waals surface area (Å²) >= 11 is 5.68. The van der Waals surface area contributed by atoms with E-state index in [4.69, 9.17) is 11.6 Å². The van der Waals surface area contributed by atoms with Gasteiger partial charge in [-0.05, 0) is 56.2 Å². The topological polar surface area (TPSA) is 58.2 Å². The summed E-state index contributed by atoms with van der Waals surface area (Å²) in [4.78, 5) is 24.7. The molecule has 0 aliphatic heterocycles. The van der Waals surface area contributed by atoms with Crippen molar-refractivity contribution in [1.82, 2.24) is 5.32 Å². The first-order valence-electron chi connectivity index (χ1n) is 7.99. The molecule has 0 spiro atoms. The van der Waals surface area contributed by atoms with E-state index in [9.17, 15) is 18.4 Å². The Hall–Kier alpha value is -2.47. The zero-order valence-corrected chi connectivity index (χ0v) is 15.2. The third-order valence-electron chi connectivity index (χ3n) is 3.93. The Morgan fingerprint density at radius 2 is 1.69 bits per heavy atom. The van der Waals surface area contributed by atoms with Crippen LogP contribution in [0.2, 0.25) is 5.02 Å². The molecular formula is C19H19ClF2N2O2. The zero-order chi connectivity index (χ0) is 19.3. The smallest absolute Gasteiger partial charge is 0.239 e. The lowest BCUT2D eigenvalue weighted by Crippen LogP contribution is -2.45. The molecule has 7 heteroatoms. The van der Waals surface area contributed by atoms with Crippen LogP contribution in [0.4, 0.5) is 14.5 Å². The summed E-state index contributed by atoms with van der Waals surface area (Å²) in [6, 6.07) is 9.74. The van der Waals surface area contributed by atoms with Crippen LogP contribution in [0.3, 0.4) is 0 Å². The van der Waals surface area contributed by atoms with E-state index in [0.717, 1.165) is 11.6 Å². The number of hydrogen-bond acceptors (Lipinski definition) is 2. The van der Waals surface area contributed by atoms with E-state index in [1.54, 1.807) is 12.1 Å². The van der Waals surface area contributed by atoms with Crippen molar-refractivity contribution in [3.05, 3.63) is 64.7 Å². The molecule has 0 aliphatic carbocycles. The van der Waals surface area contributed by atoms with Gasteiger partial charge in [-0.2, -0.15) is 0 Å². The largest absolute Gasteiger partial charge is 0.355 e. The van der Waals surface area contributed by atoms with Crippen LogP contribution in [0.5, 0.6) is 0 Å². The minimum absolute atomic E-state index is 0.121. The number of anilines is 1. The minimum atomic E-state index is -1.34. The molecule has 0 radical (unpaired) electrons. The number of halogens is 3. The van der Waals surface area contributed by atoms with Crippen molar-refractivity contribution in [3.63, 3.8) is 0 Å². The second-order valence-corrected chi connectivity index (χ2v) is 6.75. The SMILES string of the molecule is CC(C)(C(=O)NCCc1ccc(F)cc1)C(=O)Nc1ccc(F)c(Cl)c1. The second kappa shape index (κ2) is 8.27. The van der Waals surface area contributed by atoms with Crippen molar-refractivity contribution >= 4 is 29.1 Å². The van der Waals surface area contributed by atoms with Gasteiger partial charge in [-0.1, -0.05) is 23.7 Å². The lowest BCUT2D eigenvalue weighted by molar-refractivity contribution is -0.138. The van der Waals surface area contributed by atoms with Crippen molar-refractivity contribution in [2.45, 2.75) is 20.3 Å². The van der Waals surface area contributed by atoms with Gasteiger partial charge in [0.05, 0.1) is 5.02 Å². The van der Waals surface area contributed by atoms with Crippen molar-refractivity contribution < 1.29 is 18.4 Å². The molecule has 0 saturated carbocycles. The highest BCUT2D eigenvalue weighted by Gasteiger charge is 2.35. The van der Waals surface area contributed by atoms with E-state index in [1.165, 1.54) is 38.1 Å². The molecule has 0 fully saturated rings. The molecule has 0 saturated heterocycles. The van der Waals surface area contributed by atoms with Crippen molar-refractivity contribution in [2.24, 2.45) is 5.41 Å². The van der Waals surface area contributed by atoms with Crippen molar-refractivity contribution in [2.75, 3.05) is 11.9 Å². The number of benzene rings is 2. The lowest BCUT2D eigenvalue weighted by Gasteiger charge is -2.23. The third kappa shape index (κ3) is 5.02. The van der Waals surface area contributed by atoms with E-state index in [2.05, 4.69) is 10.6 Å². The highest BCUT2D eigenvalue weighted by Crippen LogP contribution is 2.23. The first kappa shape index (κ1) is 19.8. The molecule has 4 nitrogen and oxygen atoms in total. The van der Waals surface area contributed by atoms with Crippen LogP contribution in [0.15, 0.2) is 42.5 Å². The highest BCUT2D eigenvalue weighted by molar-refractivity contribution is 6.31. The molecule has 2 rings (SSSR count). The molecule has 0 atom stereocenters. The third-order valence-corrected chi connectivity index (χ3v) is 4.21. The Bertz CT molecular complexity index is 808. The fourth-order valence-electron chi connectivity index (χ4n) is 2.16. The quantitative estimate of drug-likeness (QED) is 0.746. The normalized spacial score (nSPS) is 11.1. The fourth-order valence-corrected chi connectivity index (χ4v) is 2.34. The van der Waals surface area contributed by atoms with Crippen LogP contribution in [0.1, 0.15) is 19.4 Å². The van der Waals surface area contributed by atoms with Gasteiger partial charge in [0.15, 0.2) is 0 Å². The Morgan fingerprint density at radius 1 is 1.04 bits per heavy atom. The molecule has 0 aromatic heterocycles. The van der Waals surface area contributed by atoms with Crippen LogP contribution >= 0.6 is 11.6 Å². The molecule has 0 aliphatic rings. The summed E-state index contributed by atoms with van der Waals surface area (Å²) in [5.41, 5.74) is -0.174. The predicted molar refractivity (Wildman–Crippen MR) is 96.9 cm³/mol. The van der Waals surface area contributed by atoms with Gasteiger partial charge in [-0.15, -0.1) is 0 Å². The van der Waals surface area contributed by atoms with Crippen LogP contribution in [0, 0.1) is 17.0 Å². The first-order valence-corrected chi connectivity index (χ1v) is 8.37. The van der Waals surface area contributed by atoms with Gasteiger partial charge in [0.2, 0.25) is 11.8 Å². The lowest BCUT2D eigenvalue weighted by atomic mass is 9.91. The number of amides is 2. The summed E-state index contributed by atoms with van der Waals surface area (Å²) in [5.74, 6) is -1.91. The van der Waals surface area contributed by atoms with E-state index in [-0.39, 0.29) is 10.8 Å². The summed E-state index contributed by atoms with van der Waals surface area (Å²) in [6.07, 6.45) is 0.511. The van der Waals surface area contributed by atoms with Gasteiger partial charge in [0, 0.05) is 12.2 Å². The molecule has 2 aromatic rings. The van der Waals surface area contributed by atoms with Crippen LogP contribution < -0.4 is 10.6 Å². The fraction of sp³-hybridized carbons (Fsp3) is 0.263. The van der Waals surface area contributed by atoms with Gasteiger partial charge >= 0.3 is 0 Å². The standard InChI is InChI=1S/C19H19ClF2N2O2/c1-19(2,18(26)24-14-7-8-16(22)15(20)11-14)17(25)23-10-9-12-3-5-13(21)6-4-12/h3-8,11H,9-10H2,1-2H3,(H,23,25)(H,24,26). The highest BCUT2D eigenvalue weighted by atomic mass is 35.5. The maximum absolute atomic E-state index is 13.2. The summed E-state index contributed by atoms with van der Waals surface area (Å²) < 4.78 is 26.0. The Morgan fingerprint density at radius 3 is 2.31 bits per heavy atom. The molecular weight excluding hydrogens is 362 g/mol. The van der Waals surface area contributed by atoms with Gasteiger partial charge in [-0.25, -0.2) is 8.78 Å². The average molecular weight is 381 g/mol. The monoisotopic (exact) mass is 380 g/mol. The van der Waals surface area contributed by atoms with Gasteiger partial charge in [0.25, 0.3) is 0 Å². The summed E-state index contributed by atoms with van der Waals surface area (Å²) in [7, 11) is 0. The molecule has 138 valence electrons. The van der Waals surface area contributed by atoms with Gasteiger partial charge < -0.3 is 10.6 Å². The van der Waals surface area contributed by atoms with E-state index in [0.29, 0.717) is 18.7 Å². The van der Waals surface area contributed by atoms with Crippen molar-refractivity contribution in [1.29, 1.82) is 0 Å². The molecule has 2 amide bonds. The Balaban J connectivity index is 1.91. The zero-order valence-electron chi connectivity index (χ0n) is 14.4. The van der Waals surface area contributed by atoms with E-state index >= 15 is 0 Å². The van der Waals surface area contributed by atoms with Crippen LogP contribution in [-0.4, -0.2) is 18.4 Å². The maximum Gasteiger partial charge on any atom is 0.239 e. The molecule has 0 heterocycles. The predicted octanol–water partition coefficient (Wildman–Crippen LogP) is 3.94. The molecule has 2 aromatic carbocycles. The van der Waals surface area contributed by atoms with Crippen molar-refractivity contribution in [3.8, 4) is 0 Å². The van der Waals surface area contributed by atoms with Crippen LogP contribution in [-0.2, 0) is 16.0 Å². The summed E-state index contributed by atoms with van der Waals surface area (Å²) in [5, 5.41) is 5.13. The first-order chi connectivity index (χ1) is 12.2. The summed E-state index contributed by atoms with van der Waals surface area (Å²) in [6.45, 7) is 3.28. The maximum atomic E-state index is 13.2. The second-order valence-electron chi connectivity index (χ2n) is 6.34. The van der Waals surface area contributed by atoms with E-state index in [1.807, 2.05) is 0 Å². The minimum Gasteiger partial charge on any atom is -0.355 e.